The molecule has 24 heavy (non-hydrogen) atoms. The molecule has 9 heteroatoms. The van der Waals surface area contributed by atoms with E-state index >= 15 is 0 Å². The minimum Gasteiger partial charge on any atom is -0.354 e. The summed E-state index contributed by atoms with van der Waals surface area (Å²) in [6, 6.07) is 9.07. The summed E-state index contributed by atoms with van der Waals surface area (Å²) in [7, 11) is -2.61. The highest BCUT2D eigenvalue weighted by molar-refractivity contribution is 9.10. The molecule has 0 spiro atoms. The molecule has 2 heterocycles. The van der Waals surface area contributed by atoms with Crippen LogP contribution in [0.1, 0.15) is 10.5 Å². The quantitative estimate of drug-likeness (QED) is 0.695. The molecule has 0 aliphatic carbocycles. The molecule has 124 valence electrons. The zero-order chi connectivity index (χ0) is 17.5. The van der Waals surface area contributed by atoms with E-state index in [4.69, 9.17) is 11.6 Å². The van der Waals surface area contributed by atoms with Gasteiger partial charge < -0.3 is 5.32 Å². The Morgan fingerprint density at radius 3 is 2.54 bits per heavy atom. The summed E-state index contributed by atoms with van der Waals surface area (Å²) in [6.07, 6.45) is 1.39. The molecule has 0 saturated carbocycles. The van der Waals surface area contributed by atoms with Gasteiger partial charge in [-0.1, -0.05) is 27.5 Å². The van der Waals surface area contributed by atoms with E-state index in [0.717, 1.165) is 8.45 Å². The van der Waals surface area contributed by atoms with Crippen molar-refractivity contribution in [2.75, 3.05) is 7.05 Å². The van der Waals surface area contributed by atoms with Crippen molar-refractivity contribution in [2.24, 2.45) is 0 Å². The molecule has 1 amide bonds. The van der Waals surface area contributed by atoms with Gasteiger partial charge in [-0.2, -0.15) is 0 Å². The number of rotatable bonds is 3. The molecule has 0 aliphatic rings. The van der Waals surface area contributed by atoms with E-state index in [1.807, 2.05) is 0 Å². The van der Waals surface area contributed by atoms with E-state index in [0.29, 0.717) is 10.4 Å². The third kappa shape index (κ3) is 2.70. The fourth-order valence-corrected chi connectivity index (χ4v) is 4.20. The van der Waals surface area contributed by atoms with Gasteiger partial charge in [0.2, 0.25) is 0 Å². The highest BCUT2D eigenvalue weighted by Crippen LogP contribution is 2.29. The molecule has 0 saturated heterocycles. The Hall–Kier alpha value is -1.90. The molecular weight excluding hydrogens is 418 g/mol. The second-order valence-corrected chi connectivity index (χ2v) is 7.97. The molecule has 3 aromatic rings. The third-order valence-electron chi connectivity index (χ3n) is 3.42. The lowest BCUT2D eigenvalue weighted by Gasteiger charge is -2.10. The van der Waals surface area contributed by atoms with E-state index < -0.39 is 15.9 Å². The zero-order valence-corrected chi connectivity index (χ0v) is 15.5. The highest BCUT2D eigenvalue weighted by Gasteiger charge is 2.27. The van der Waals surface area contributed by atoms with E-state index in [-0.39, 0.29) is 16.2 Å². The number of nitrogens with zero attached hydrogens (tertiary/aromatic N) is 2. The Morgan fingerprint density at radius 1 is 1.25 bits per heavy atom. The lowest BCUT2D eigenvalue weighted by molar-refractivity contribution is 0.0957. The molecule has 0 unspecified atom stereocenters. The minimum absolute atomic E-state index is 0.0372. The first-order valence-electron chi connectivity index (χ1n) is 6.75. The first kappa shape index (κ1) is 16.9. The molecule has 3 rings (SSSR count). The van der Waals surface area contributed by atoms with Crippen molar-refractivity contribution in [3.63, 3.8) is 0 Å². The standard InChI is InChI=1S/C15H11BrClN3O3S/c1-18-15(21)13-8-11-12(17)6-7-19-14(11)20(13)24(22,23)10-4-2-9(16)3-5-10/h2-8H,1H3,(H,18,21). The van der Waals surface area contributed by atoms with E-state index in [1.165, 1.54) is 37.5 Å². The number of hydrogen-bond acceptors (Lipinski definition) is 4. The predicted molar refractivity (Wildman–Crippen MR) is 94.9 cm³/mol. The number of fused-ring (bicyclic) bond motifs is 1. The fourth-order valence-electron chi connectivity index (χ4n) is 2.29. The summed E-state index contributed by atoms with van der Waals surface area (Å²) in [6.45, 7) is 0. The van der Waals surface area contributed by atoms with Crippen LogP contribution >= 0.6 is 27.5 Å². The van der Waals surface area contributed by atoms with Gasteiger partial charge in [0.05, 0.1) is 9.92 Å². The van der Waals surface area contributed by atoms with E-state index in [2.05, 4.69) is 26.2 Å². The summed E-state index contributed by atoms with van der Waals surface area (Å²) in [4.78, 5) is 16.3. The van der Waals surface area contributed by atoms with Gasteiger partial charge in [0, 0.05) is 23.1 Å². The Morgan fingerprint density at radius 2 is 1.92 bits per heavy atom. The number of carbonyl (C=O) groups is 1. The molecule has 0 aliphatic heterocycles. The summed E-state index contributed by atoms with van der Waals surface area (Å²) < 4.78 is 27.8. The number of hydrogen-bond donors (Lipinski definition) is 1. The first-order valence-corrected chi connectivity index (χ1v) is 9.36. The van der Waals surface area contributed by atoms with Gasteiger partial charge in [-0.3, -0.25) is 4.79 Å². The van der Waals surface area contributed by atoms with Crippen LogP contribution in [-0.4, -0.2) is 30.3 Å². The van der Waals surface area contributed by atoms with Gasteiger partial charge in [0.25, 0.3) is 15.9 Å². The van der Waals surface area contributed by atoms with Crippen LogP contribution in [0.4, 0.5) is 0 Å². The van der Waals surface area contributed by atoms with E-state index in [9.17, 15) is 13.2 Å². The maximum absolute atomic E-state index is 13.1. The van der Waals surface area contributed by atoms with Crippen LogP contribution in [0.15, 0.2) is 52.0 Å². The Bertz CT molecular complexity index is 1050. The minimum atomic E-state index is -4.03. The van der Waals surface area contributed by atoms with Gasteiger partial charge in [-0.05, 0) is 36.4 Å². The van der Waals surface area contributed by atoms with Crippen molar-refractivity contribution >= 4 is 54.5 Å². The van der Waals surface area contributed by atoms with Crippen molar-refractivity contribution in [2.45, 2.75) is 4.90 Å². The van der Waals surface area contributed by atoms with Crippen LogP contribution in [0.5, 0.6) is 0 Å². The van der Waals surface area contributed by atoms with Crippen molar-refractivity contribution in [1.82, 2.24) is 14.3 Å². The maximum Gasteiger partial charge on any atom is 0.270 e. The maximum atomic E-state index is 13.1. The summed E-state index contributed by atoms with van der Waals surface area (Å²) in [5, 5.41) is 3.13. The number of amides is 1. The number of benzene rings is 1. The van der Waals surface area contributed by atoms with Crippen molar-refractivity contribution in [3.8, 4) is 0 Å². The zero-order valence-electron chi connectivity index (χ0n) is 12.3. The smallest absolute Gasteiger partial charge is 0.270 e. The average Bonchev–Trinajstić information content (AvgIpc) is 2.96. The monoisotopic (exact) mass is 427 g/mol. The molecule has 1 aromatic carbocycles. The van der Waals surface area contributed by atoms with Gasteiger partial charge in [-0.25, -0.2) is 17.4 Å². The van der Waals surface area contributed by atoms with Gasteiger partial charge in [-0.15, -0.1) is 0 Å². The van der Waals surface area contributed by atoms with Crippen molar-refractivity contribution < 1.29 is 13.2 Å². The first-order chi connectivity index (χ1) is 11.4. The highest BCUT2D eigenvalue weighted by atomic mass is 79.9. The normalized spacial score (nSPS) is 11.6. The topological polar surface area (TPSA) is 81.1 Å². The summed E-state index contributed by atoms with van der Waals surface area (Å²) in [5.74, 6) is -0.551. The molecule has 0 bridgehead atoms. The van der Waals surface area contributed by atoms with Crippen molar-refractivity contribution in [3.05, 3.63) is 57.8 Å². The molecule has 0 radical (unpaired) electrons. The van der Waals surface area contributed by atoms with Crippen LogP contribution in [0.2, 0.25) is 5.02 Å². The lowest BCUT2D eigenvalue weighted by Crippen LogP contribution is -2.25. The van der Waals surface area contributed by atoms with Gasteiger partial charge >= 0.3 is 0 Å². The molecule has 0 atom stereocenters. The molecule has 6 nitrogen and oxygen atoms in total. The molecule has 1 N–H and O–H groups in total. The number of nitrogens with one attached hydrogen (secondary N) is 1. The van der Waals surface area contributed by atoms with E-state index in [1.54, 1.807) is 12.1 Å². The van der Waals surface area contributed by atoms with Gasteiger partial charge in [0.1, 0.15) is 5.69 Å². The summed E-state index contributed by atoms with van der Waals surface area (Å²) >= 11 is 9.38. The summed E-state index contributed by atoms with van der Waals surface area (Å²) in [5.41, 5.74) is 0.0417. The largest absolute Gasteiger partial charge is 0.354 e. The number of halogens is 2. The second-order valence-electron chi connectivity index (χ2n) is 4.86. The molecular formula is C15H11BrClN3O3S. The van der Waals surface area contributed by atoms with Crippen LogP contribution in [0, 0.1) is 0 Å². The fraction of sp³-hybridized carbons (Fsp3) is 0.0667. The third-order valence-corrected chi connectivity index (χ3v) is 6.00. The van der Waals surface area contributed by atoms with Crippen molar-refractivity contribution in [1.29, 1.82) is 0 Å². The SMILES string of the molecule is CNC(=O)c1cc2c(Cl)ccnc2n1S(=O)(=O)c1ccc(Br)cc1. The van der Waals surface area contributed by atoms with Crippen LogP contribution < -0.4 is 5.32 Å². The Kier molecular flexibility index (Phi) is 4.37. The second kappa shape index (κ2) is 6.19. The average molecular weight is 429 g/mol. The number of aromatic nitrogens is 2. The number of carbonyl (C=O) groups excluding carboxylic acids is 1. The molecule has 0 fully saturated rings. The van der Waals surface area contributed by atoms with Gasteiger partial charge in [0.15, 0.2) is 5.65 Å². The lowest BCUT2D eigenvalue weighted by atomic mass is 10.3. The number of pyridine rings is 1. The Labute approximate surface area is 151 Å². The Balaban J connectivity index is 2.37. The van der Waals surface area contributed by atoms with Crippen LogP contribution in [0.25, 0.3) is 11.0 Å². The predicted octanol–water partition coefficient (Wildman–Crippen LogP) is 3.05. The van der Waals surface area contributed by atoms with Crippen LogP contribution in [-0.2, 0) is 10.0 Å². The molecule has 2 aromatic heterocycles. The van der Waals surface area contributed by atoms with Crippen LogP contribution in [0.3, 0.4) is 0 Å².